The first-order chi connectivity index (χ1) is 9.93. The Morgan fingerprint density at radius 1 is 1.48 bits per heavy atom. The van der Waals surface area contributed by atoms with Crippen molar-refractivity contribution in [1.29, 1.82) is 0 Å². The van der Waals surface area contributed by atoms with Crippen molar-refractivity contribution in [3.8, 4) is 0 Å². The maximum absolute atomic E-state index is 12.5. The largest absolute Gasteiger partial charge is 0.480 e. The molecule has 1 aliphatic rings. The van der Waals surface area contributed by atoms with Gasteiger partial charge in [0.25, 0.3) is 5.91 Å². The average molecular weight is 331 g/mol. The number of carbonyl (C=O) groups is 2. The number of nitro benzene ring substituents is 1. The first-order valence-corrected chi connectivity index (χ1v) is 7.51. The van der Waals surface area contributed by atoms with Crippen molar-refractivity contribution in [2.24, 2.45) is 0 Å². The van der Waals surface area contributed by atoms with Crippen LogP contribution in [0, 0.1) is 10.1 Å². The minimum atomic E-state index is -1.12. The number of nitrogens with zero attached hydrogens (tertiary/aromatic N) is 2. The standard InChI is InChI=1S/C12H11ClN2O5S/c13-8-3-1-2-7(10(8)15(19)20)11(16)14-4-5-21-6-9(14)12(17)18/h1-3,9H,4-6H2,(H,17,18). The molecule has 0 aliphatic carbocycles. The van der Waals surface area contributed by atoms with Gasteiger partial charge in [-0.2, -0.15) is 11.8 Å². The van der Waals surface area contributed by atoms with E-state index in [-0.39, 0.29) is 22.9 Å². The van der Waals surface area contributed by atoms with Crippen LogP contribution in [0.4, 0.5) is 5.69 Å². The molecule has 1 N–H and O–H groups in total. The Kier molecular flexibility index (Phi) is 4.69. The summed E-state index contributed by atoms with van der Waals surface area (Å²) in [6.45, 7) is 0.226. The number of hydrogen-bond donors (Lipinski definition) is 1. The highest BCUT2D eigenvalue weighted by Crippen LogP contribution is 2.30. The average Bonchev–Trinajstić information content (AvgIpc) is 2.45. The number of amides is 1. The first kappa shape index (κ1) is 15.6. The predicted octanol–water partition coefficient (Wildman–Crippen LogP) is 1.89. The van der Waals surface area contributed by atoms with Crippen LogP contribution in [0.5, 0.6) is 0 Å². The number of halogens is 1. The maximum atomic E-state index is 12.5. The molecular formula is C12H11ClN2O5S. The molecule has 7 nitrogen and oxygen atoms in total. The van der Waals surface area contributed by atoms with Gasteiger partial charge in [-0.05, 0) is 12.1 Å². The number of carboxylic acid groups (broad SMARTS) is 1. The summed E-state index contributed by atoms with van der Waals surface area (Å²) in [5.41, 5.74) is -0.683. The number of para-hydroxylation sites is 1. The first-order valence-electron chi connectivity index (χ1n) is 5.98. The predicted molar refractivity (Wildman–Crippen MR) is 77.9 cm³/mol. The number of thioether (sulfide) groups is 1. The van der Waals surface area contributed by atoms with Crippen LogP contribution in [0.1, 0.15) is 10.4 Å². The second-order valence-corrected chi connectivity index (χ2v) is 5.88. The molecule has 1 aromatic carbocycles. The van der Waals surface area contributed by atoms with Gasteiger partial charge in [-0.1, -0.05) is 17.7 Å². The topological polar surface area (TPSA) is 101 Å². The lowest BCUT2D eigenvalue weighted by molar-refractivity contribution is -0.385. The van der Waals surface area contributed by atoms with Crippen molar-refractivity contribution in [1.82, 2.24) is 4.90 Å². The summed E-state index contributed by atoms with van der Waals surface area (Å²) in [5.74, 6) is -0.962. The smallest absolute Gasteiger partial charge is 0.327 e. The molecule has 0 spiro atoms. The van der Waals surface area contributed by atoms with E-state index in [0.29, 0.717) is 5.75 Å². The third kappa shape index (κ3) is 3.11. The number of carboxylic acids is 1. The maximum Gasteiger partial charge on any atom is 0.327 e. The third-order valence-electron chi connectivity index (χ3n) is 3.07. The SMILES string of the molecule is O=C(O)C1CSCCN1C(=O)c1cccc(Cl)c1[N+](=O)[O-]. The van der Waals surface area contributed by atoms with Crippen LogP contribution in [-0.2, 0) is 4.79 Å². The fourth-order valence-corrected chi connectivity index (χ4v) is 3.36. The van der Waals surface area contributed by atoms with Crippen molar-refractivity contribution in [3.05, 3.63) is 38.9 Å². The Labute approximate surface area is 129 Å². The van der Waals surface area contributed by atoms with Crippen LogP contribution in [0.2, 0.25) is 5.02 Å². The Bertz CT molecular complexity index is 609. The molecule has 1 atom stereocenters. The highest BCUT2D eigenvalue weighted by atomic mass is 35.5. The van der Waals surface area contributed by atoms with Gasteiger partial charge in [0, 0.05) is 18.1 Å². The number of nitro groups is 1. The number of hydrogen-bond acceptors (Lipinski definition) is 5. The molecule has 1 amide bonds. The summed E-state index contributed by atoms with van der Waals surface area (Å²) in [4.78, 5) is 35.2. The highest BCUT2D eigenvalue weighted by molar-refractivity contribution is 7.99. The number of carbonyl (C=O) groups excluding carboxylic acids is 1. The van der Waals surface area contributed by atoms with Gasteiger partial charge in [-0.3, -0.25) is 14.9 Å². The zero-order valence-corrected chi connectivity index (χ0v) is 12.3. The molecule has 0 aromatic heterocycles. The second-order valence-electron chi connectivity index (χ2n) is 4.32. The van der Waals surface area contributed by atoms with Crippen molar-refractivity contribution in [2.45, 2.75) is 6.04 Å². The minimum Gasteiger partial charge on any atom is -0.480 e. The van der Waals surface area contributed by atoms with Crippen LogP contribution >= 0.6 is 23.4 Å². The fraction of sp³-hybridized carbons (Fsp3) is 0.333. The van der Waals surface area contributed by atoms with Gasteiger partial charge in [0.15, 0.2) is 0 Å². The Morgan fingerprint density at radius 3 is 2.81 bits per heavy atom. The number of benzene rings is 1. The fourth-order valence-electron chi connectivity index (χ4n) is 2.08. The van der Waals surface area contributed by atoms with E-state index < -0.39 is 28.5 Å². The zero-order valence-electron chi connectivity index (χ0n) is 10.7. The van der Waals surface area contributed by atoms with Crippen molar-refractivity contribution in [3.63, 3.8) is 0 Å². The Hall–Kier alpha value is -1.80. The third-order valence-corrected chi connectivity index (χ3v) is 4.40. The lowest BCUT2D eigenvalue weighted by atomic mass is 10.1. The number of aliphatic carboxylic acids is 1. The van der Waals surface area contributed by atoms with Crippen LogP contribution < -0.4 is 0 Å². The van der Waals surface area contributed by atoms with Crippen LogP contribution in [0.25, 0.3) is 0 Å². The molecule has 0 bridgehead atoms. The van der Waals surface area contributed by atoms with Gasteiger partial charge in [0.2, 0.25) is 0 Å². The molecular weight excluding hydrogens is 320 g/mol. The lowest BCUT2D eigenvalue weighted by Gasteiger charge is -2.32. The summed E-state index contributed by atoms with van der Waals surface area (Å²) in [5, 5.41) is 20.1. The van der Waals surface area contributed by atoms with E-state index in [0.717, 1.165) is 4.90 Å². The number of rotatable bonds is 3. The van der Waals surface area contributed by atoms with E-state index in [4.69, 9.17) is 11.6 Å². The molecule has 2 rings (SSSR count). The van der Waals surface area contributed by atoms with E-state index in [1.807, 2.05) is 0 Å². The Balaban J connectivity index is 2.42. The molecule has 0 radical (unpaired) electrons. The summed E-state index contributed by atoms with van der Waals surface area (Å²) in [6.07, 6.45) is 0. The molecule has 1 aliphatic heterocycles. The van der Waals surface area contributed by atoms with Gasteiger partial charge in [-0.15, -0.1) is 0 Å². The van der Waals surface area contributed by atoms with Gasteiger partial charge >= 0.3 is 11.7 Å². The zero-order chi connectivity index (χ0) is 15.6. The molecule has 21 heavy (non-hydrogen) atoms. The summed E-state index contributed by atoms with van der Waals surface area (Å²) in [6, 6.07) is 3.04. The monoisotopic (exact) mass is 330 g/mol. The van der Waals surface area contributed by atoms with Gasteiger partial charge < -0.3 is 10.0 Å². The van der Waals surface area contributed by atoms with Crippen molar-refractivity contribution in [2.75, 3.05) is 18.1 Å². The van der Waals surface area contributed by atoms with E-state index in [1.165, 1.54) is 30.0 Å². The summed E-state index contributed by atoms with van der Waals surface area (Å²) < 4.78 is 0. The molecule has 1 heterocycles. The molecule has 1 unspecified atom stereocenters. The highest BCUT2D eigenvalue weighted by Gasteiger charge is 2.36. The normalized spacial score (nSPS) is 18.3. The van der Waals surface area contributed by atoms with E-state index in [2.05, 4.69) is 0 Å². The minimum absolute atomic E-state index is 0.149. The van der Waals surface area contributed by atoms with E-state index in [1.54, 1.807) is 0 Å². The molecule has 0 saturated carbocycles. The lowest BCUT2D eigenvalue weighted by Crippen LogP contribution is -2.50. The van der Waals surface area contributed by atoms with Crippen molar-refractivity contribution < 1.29 is 19.6 Å². The van der Waals surface area contributed by atoms with Crippen LogP contribution in [-0.4, -0.2) is 50.9 Å². The van der Waals surface area contributed by atoms with E-state index >= 15 is 0 Å². The van der Waals surface area contributed by atoms with Crippen LogP contribution in [0.3, 0.4) is 0 Å². The van der Waals surface area contributed by atoms with Gasteiger partial charge in [0.05, 0.1) is 4.92 Å². The molecule has 1 fully saturated rings. The Morgan fingerprint density at radius 2 is 2.19 bits per heavy atom. The van der Waals surface area contributed by atoms with Crippen LogP contribution in [0.15, 0.2) is 18.2 Å². The van der Waals surface area contributed by atoms with Gasteiger partial charge in [-0.25, -0.2) is 4.79 Å². The van der Waals surface area contributed by atoms with Crippen molar-refractivity contribution >= 4 is 40.9 Å². The quantitative estimate of drug-likeness (QED) is 0.671. The van der Waals surface area contributed by atoms with E-state index in [9.17, 15) is 24.8 Å². The molecule has 9 heteroatoms. The second kappa shape index (κ2) is 6.31. The summed E-state index contributed by atoms with van der Waals surface area (Å²) >= 11 is 7.20. The summed E-state index contributed by atoms with van der Waals surface area (Å²) in [7, 11) is 0. The molecule has 112 valence electrons. The molecule has 1 aromatic rings. The van der Waals surface area contributed by atoms with Gasteiger partial charge in [0.1, 0.15) is 16.6 Å². The molecule has 1 saturated heterocycles.